The van der Waals surface area contributed by atoms with Crippen molar-refractivity contribution in [1.82, 2.24) is 10.2 Å². The molecule has 0 aromatic heterocycles. The Morgan fingerprint density at radius 1 is 0.941 bits per heavy atom. The van der Waals surface area contributed by atoms with Crippen LogP contribution in [-0.4, -0.2) is 37.1 Å². The van der Waals surface area contributed by atoms with E-state index >= 15 is 0 Å². The van der Waals surface area contributed by atoms with Gasteiger partial charge in [-0.15, -0.1) is 0 Å². The Morgan fingerprint density at radius 3 is 2.35 bits per heavy atom. The molecule has 3 unspecified atom stereocenters. The van der Waals surface area contributed by atoms with Gasteiger partial charge in [-0.3, -0.25) is 0 Å². The first-order chi connectivity index (χ1) is 8.15. The van der Waals surface area contributed by atoms with Gasteiger partial charge in [-0.05, 0) is 63.1 Å². The minimum absolute atomic E-state index is 0.808. The van der Waals surface area contributed by atoms with Crippen molar-refractivity contribution >= 4 is 0 Å². The quantitative estimate of drug-likeness (QED) is 0.755. The first-order valence-corrected chi connectivity index (χ1v) is 7.60. The van der Waals surface area contributed by atoms with Crippen LogP contribution in [0.5, 0.6) is 0 Å². The van der Waals surface area contributed by atoms with Gasteiger partial charge in [-0.25, -0.2) is 0 Å². The van der Waals surface area contributed by atoms with E-state index in [1.807, 2.05) is 0 Å². The minimum Gasteiger partial charge on any atom is -0.316 e. The minimum atomic E-state index is 0.808. The standard InChI is InChI=1S/C15H30N2/c1-12-7-13(2)9-15(8-12)17-6-4-5-16-10-14(3)11-17/h12-16H,4-11H2,1-3H3. The van der Waals surface area contributed by atoms with Crippen LogP contribution < -0.4 is 5.32 Å². The van der Waals surface area contributed by atoms with E-state index in [0.717, 1.165) is 23.8 Å². The van der Waals surface area contributed by atoms with Crippen molar-refractivity contribution < 1.29 is 0 Å². The van der Waals surface area contributed by atoms with E-state index in [-0.39, 0.29) is 0 Å². The van der Waals surface area contributed by atoms with Gasteiger partial charge in [0.2, 0.25) is 0 Å². The summed E-state index contributed by atoms with van der Waals surface area (Å²) in [5.41, 5.74) is 0. The monoisotopic (exact) mass is 238 g/mol. The van der Waals surface area contributed by atoms with Gasteiger partial charge in [0.1, 0.15) is 0 Å². The molecule has 0 amide bonds. The Balaban J connectivity index is 1.93. The SMILES string of the molecule is CC1CC(C)CC(N2CCCNCC(C)C2)C1. The molecule has 2 aliphatic rings. The lowest BCUT2D eigenvalue weighted by molar-refractivity contribution is 0.0895. The van der Waals surface area contributed by atoms with Crippen molar-refractivity contribution in [1.29, 1.82) is 0 Å². The van der Waals surface area contributed by atoms with Gasteiger partial charge < -0.3 is 10.2 Å². The molecule has 0 aromatic carbocycles. The summed E-state index contributed by atoms with van der Waals surface area (Å²) in [6.45, 7) is 12.3. The third kappa shape index (κ3) is 3.96. The van der Waals surface area contributed by atoms with E-state index in [2.05, 4.69) is 31.0 Å². The van der Waals surface area contributed by atoms with E-state index in [1.165, 1.54) is 51.9 Å². The van der Waals surface area contributed by atoms with Crippen LogP contribution in [0.2, 0.25) is 0 Å². The summed E-state index contributed by atoms with van der Waals surface area (Å²) >= 11 is 0. The second-order valence-corrected chi connectivity index (χ2v) is 6.73. The van der Waals surface area contributed by atoms with Crippen LogP contribution in [0, 0.1) is 17.8 Å². The topological polar surface area (TPSA) is 15.3 Å². The molecule has 1 saturated carbocycles. The predicted octanol–water partition coefficient (Wildman–Crippen LogP) is 2.74. The summed E-state index contributed by atoms with van der Waals surface area (Å²) in [6, 6.07) is 0.870. The summed E-state index contributed by atoms with van der Waals surface area (Å²) in [7, 11) is 0. The number of nitrogens with one attached hydrogen (secondary N) is 1. The first kappa shape index (κ1) is 13.4. The van der Waals surface area contributed by atoms with Crippen molar-refractivity contribution in [2.45, 2.75) is 52.5 Å². The second kappa shape index (κ2) is 6.19. The molecule has 0 spiro atoms. The molecule has 2 nitrogen and oxygen atoms in total. The molecule has 0 bridgehead atoms. The molecule has 100 valence electrons. The Hall–Kier alpha value is -0.0800. The van der Waals surface area contributed by atoms with Crippen LogP contribution in [0.25, 0.3) is 0 Å². The normalized spacial score (nSPS) is 41.8. The third-order valence-electron chi connectivity index (χ3n) is 4.51. The molecule has 0 radical (unpaired) electrons. The summed E-state index contributed by atoms with van der Waals surface area (Å²) in [5.74, 6) is 2.67. The lowest BCUT2D eigenvalue weighted by Gasteiger charge is -2.41. The Kier molecular flexibility index (Phi) is 4.87. The lowest BCUT2D eigenvalue weighted by Crippen LogP contribution is -2.46. The van der Waals surface area contributed by atoms with Crippen LogP contribution in [0.15, 0.2) is 0 Å². The van der Waals surface area contributed by atoms with Crippen LogP contribution in [0.3, 0.4) is 0 Å². The van der Waals surface area contributed by atoms with Gasteiger partial charge in [0, 0.05) is 12.6 Å². The van der Waals surface area contributed by atoms with Crippen molar-refractivity contribution in [3.05, 3.63) is 0 Å². The fraction of sp³-hybridized carbons (Fsp3) is 1.00. The van der Waals surface area contributed by atoms with Gasteiger partial charge in [0.25, 0.3) is 0 Å². The van der Waals surface area contributed by atoms with Crippen molar-refractivity contribution in [2.75, 3.05) is 26.2 Å². The van der Waals surface area contributed by atoms with E-state index in [0.29, 0.717) is 0 Å². The Labute approximate surface area is 107 Å². The first-order valence-electron chi connectivity index (χ1n) is 7.60. The molecule has 0 aromatic rings. The number of rotatable bonds is 1. The van der Waals surface area contributed by atoms with E-state index in [4.69, 9.17) is 0 Å². The molecular weight excluding hydrogens is 208 g/mol. The maximum Gasteiger partial charge on any atom is 0.0100 e. The number of nitrogens with zero attached hydrogens (tertiary/aromatic N) is 1. The van der Waals surface area contributed by atoms with Crippen molar-refractivity contribution in [3.8, 4) is 0 Å². The van der Waals surface area contributed by atoms with Gasteiger partial charge in [0.15, 0.2) is 0 Å². The molecule has 1 saturated heterocycles. The maximum atomic E-state index is 3.55. The zero-order valence-electron chi connectivity index (χ0n) is 11.9. The lowest BCUT2D eigenvalue weighted by atomic mass is 9.79. The Bertz CT molecular complexity index is 219. The van der Waals surface area contributed by atoms with Gasteiger partial charge in [-0.1, -0.05) is 20.8 Å². The highest BCUT2D eigenvalue weighted by Crippen LogP contribution is 2.32. The molecule has 1 heterocycles. The van der Waals surface area contributed by atoms with Gasteiger partial charge in [-0.2, -0.15) is 0 Å². The molecule has 2 rings (SSSR count). The highest BCUT2D eigenvalue weighted by Gasteiger charge is 2.29. The summed E-state index contributed by atoms with van der Waals surface area (Å²) in [4.78, 5) is 2.80. The molecule has 1 N–H and O–H groups in total. The number of hydrogen-bond donors (Lipinski definition) is 1. The third-order valence-corrected chi connectivity index (χ3v) is 4.51. The van der Waals surface area contributed by atoms with Gasteiger partial charge >= 0.3 is 0 Å². The highest BCUT2D eigenvalue weighted by molar-refractivity contribution is 4.83. The van der Waals surface area contributed by atoms with Crippen molar-refractivity contribution in [2.24, 2.45) is 17.8 Å². The van der Waals surface area contributed by atoms with Crippen molar-refractivity contribution in [3.63, 3.8) is 0 Å². The van der Waals surface area contributed by atoms with E-state index in [1.54, 1.807) is 0 Å². The second-order valence-electron chi connectivity index (χ2n) is 6.73. The van der Waals surface area contributed by atoms with E-state index < -0.39 is 0 Å². The molecular formula is C15H30N2. The fourth-order valence-electron chi connectivity index (χ4n) is 3.85. The largest absolute Gasteiger partial charge is 0.316 e. The predicted molar refractivity (Wildman–Crippen MR) is 74.2 cm³/mol. The molecule has 2 fully saturated rings. The van der Waals surface area contributed by atoms with Gasteiger partial charge in [0.05, 0.1) is 0 Å². The zero-order chi connectivity index (χ0) is 12.3. The zero-order valence-corrected chi connectivity index (χ0v) is 11.9. The molecule has 3 atom stereocenters. The Morgan fingerprint density at radius 2 is 1.65 bits per heavy atom. The summed E-state index contributed by atoms with van der Waals surface area (Å²) < 4.78 is 0. The molecule has 1 aliphatic carbocycles. The summed E-state index contributed by atoms with van der Waals surface area (Å²) in [6.07, 6.45) is 5.64. The van der Waals surface area contributed by atoms with Crippen LogP contribution in [0.4, 0.5) is 0 Å². The number of hydrogen-bond acceptors (Lipinski definition) is 2. The molecule has 2 heteroatoms. The average Bonchev–Trinajstić information content (AvgIpc) is 2.21. The smallest absolute Gasteiger partial charge is 0.0100 e. The van der Waals surface area contributed by atoms with Crippen LogP contribution in [-0.2, 0) is 0 Å². The molecule has 1 aliphatic heterocycles. The van der Waals surface area contributed by atoms with Crippen LogP contribution >= 0.6 is 0 Å². The highest BCUT2D eigenvalue weighted by atomic mass is 15.2. The maximum absolute atomic E-state index is 3.55. The van der Waals surface area contributed by atoms with Crippen LogP contribution in [0.1, 0.15) is 46.5 Å². The average molecular weight is 238 g/mol. The summed E-state index contributed by atoms with van der Waals surface area (Å²) in [5, 5.41) is 3.55. The molecule has 17 heavy (non-hydrogen) atoms. The fourth-order valence-corrected chi connectivity index (χ4v) is 3.85. The van der Waals surface area contributed by atoms with E-state index in [9.17, 15) is 0 Å².